The summed E-state index contributed by atoms with van der Waals surface area (Å²) in [7, 11) is 0. The van der Waals surface area contributed by atoms with Gasteiger partial charge in [-0.2, -0.15) is 0 Å². The van der Waals surface area contributed by atoms with Gasteiger partial charge >= 0.3 is 0 Å². The lowest BCUT2D eigenvalue weighted by Crippen LogP contribution is -2.27. The SMILES string of the molecule is CCCCc1cccc2c1C(=O)c1ccccc1C2=O.Cc1c(C)c(C)c2c(c1C)C(=O)c1c(C)c(C)c(C)c(C)c1C2=O. The zero-order chi connectivity index (χ0) is 32.2. The highest BCUT2D eigenvalue weighted by atomic mass is 16.1. The van der Waals surface area contributed by atoms with E-state index in [2.05, 4.69) is 6.92 Å². The van der Waals surface area contributed by atoms with Crippen molar-refractivity contribution in [2.45, 2.75) is 81.6 Å². The number of fused-ring (bicyclic) bond motifs is 4. The van der Waals surface area contributed by atoms with Crippen molar-refractivity contribution in [1.82, 2.24) is 0 Å². The van der Waals surface area contributed by atoms with E-state index >= 15 is 0 Å². The van der Waals surface area contributed by atoms with Gasteiger partial charge in [0.15, 0.2) is 23.1 Å². The number of hydrogen-bond acceptors (Lipinski definition) is 4. The van der Waals surface area contributed by atoms with Crippen LogP contribution >= 0.6 is 0 Å². The average molecular weight is 585 g/mol. The fourth-order valence-electron chi connectivity index (χ4n) is 6.80. The number of benzene rings is 4. The standard InChI is InChI=1S/C22H24O2.C18H16O2/c1-9-10(2)14(6)18-17(13(9)5)21(23)19-15(7)11(3)12(4)16(8)20(19)22(18)24;1-2-3-7-12-8-6-11-15-16(12)18(20)14-10-5-4-9-13(14)17(15)19/h1-8H3;4-6,8-11H,2-3,7H2,1H3. The van der Waals surface area contributed by atoms with Crippen molar-refractivity contribution in [3.63, 3.8) is 0 Å². The van der Waals surface area contributed by atoms with E-state index in [0.717, 1.165) is 69.3 Å². The van der Waals surface area contributed by atoms with Crippen LogP contribution in [0, 0.1) is 55.4 Å². The Labute approximate surface area is 260 Å². The van der Waals surface area contributed by atoms with Crippen LogP contribution < -0.4 is 0 Å². The van der Waals surface area contributed by atoms with E-state index < -0.39 is 0 Å². The Bertz CT molecular complexity index is 1780. The second kappa shape index (κ2) is 11.6. The largest absolute Gasteiger partial charge is 0.289 e. The van der Waals surface area contributed by atoms with Crippen LogP contribution in [-0.2, 0) is 6.42 Å². The number of carbonyl (C=O) groups is 4. The minimum atomic E-state index is -0.0338. The van der Waals surface area contributed by atoms with Crippen LogP contribution in [-0.4, -0.2) is 23.1 Å². The fourth-order valence-corrected chi connectivity index (χ4v) is 6.80. The highest BCUT2D eigenvalue weighted by Gasteiger charge is 2.37. The zero-order valence-corrected chi connectivity index (χ0v) is 27.3. The summed E-state index contributed by atoms with van der Waals surface area (Å²) in [5, 5.41) is 0. The predicted molar refractivity (Wildman–Crippen MR) is 176 cm³/mol. The molecule has 6 rings (SSSR count). The normalized spacial score (nSPS) is 13.1. The highest BCUT2D eigenvalue weighted by Crippen LogP contribution is 2.39. The average Bonchev–Trinajstić information content (AvgIpc) is 3.02. The summed E-state index contributed by atoms with van der Waals surface area (Å²) in [5.41, 5.74) is 13.8. The molecule has 0 saturated carbocycles. The summed E-state index contributed by atoms with van der Waals surface area (Å²) in [6, 6.07) is 12.7. The molecule has 2 aliphatic rings. The Kier molecular flexibility index (Phi) is 8.15. The first-order valence-electron chi connectivity index (χ1n) is 15.4. The minimum absolute atomic E-state index is 0.00648. The molecule has 4 aromatic carbocycles. The van der Waals surface area contributed by atoms with Gasteiger partial charge in [0.05, 0.1) is 0 Å². The topological polar surface area (TPSA) is 68.3 Å². The molecule has 4 heteroatoms. The number of unbranched alkanes of at least 4 members (excludes halogenated alkanes) is 1. The van der Waals surface area contributed by atoms with Crippen LogP contribution in [0.1, 0.15) is 134 Å². The summed E-state index contributed by atoms with van der Waals surface area (Å²) >= 11 is 0. The molecular weight excluding hydrogens is 544 g/mol. The quantitative estimate of drug-likeness (QED) is 0.209. The van der Waals surface area contributed by atoms with E-state index in [-0.39, 0.29) is 23.1 Å². The molecule has 0 unspecified atom stereocenters. The summed E-state index contributed by atoms with van der Waals surface area (Å²) in [6.45, 7) is 18.1. The third-order valence-corrected chi connectivity index (χ3v) is 10.1. The number of carbonyl (C=O) groups excluding carboxylic acids is 4. The molecule has 0 spiro atoms. The van der Waals surface area contributed by atoms with Crippen LogP contribution in [0.25, 0.3) is 0 Å². The van der Waals surface area contributed by atoms with Gasteiger partial charge in [0.25, 0.3) is 0 Å². The van der Waals surface area contributed by atoms with E-state index in [4.69, 9.17) is 0 Å². The Balaban J connectivity index is 0.000000177. The third kappa shape index (κ3) is 4.59. The lowest BCUT2D eigenvalue weighted by atomic mass is 9.73. The molecule has 0 saturated heterocycles. The predicted octanol–water partition coefficient (Wildman–Crippen LogP) is 8.73. The summed E-state index contributed by atoms with van der Waals surface area (Å²) in [4.78, 5) is 52.0. The highest BCUT2D eigenvalue weighted by molar-refractivity contribution is 6.31. The van der Waals surface area contributed by atoms with Gasteiger partial charge in [-0.15, -0.1) is 0 Å². The Morgan fingerprint density at radius 3 is 1.20 bits per heavy atom. The second-order valence-corrected chi connectivity index (χ2v) is 12.3. The molecule has 4 aromatic rings. The van der Waals surface area contributed by atoms with Gasteiger partial charge < -0.3 is 0 Å². The monoisotopic (exact) mass is 584 g/mol. The second-order valence-electron chi connectivity index (χ2n) is 12.3. The molecule has 2 aliphatic carbocycles. The van der Waals surface area contributed by atoms with Gasteiger partial charge in [-0.1, -0.05) is 55.8 Å². The van der Waals surface area contributed by atoms with Crippen molar-refractivity contribution in [2.24, 2.45) is 0 Å². The molecule has 0 bridgehead atoms. The number of rotatable bonds is 3. The molecule has 0 amide bonds. The van der Waals surface area contributed by atoms with Crippen LogP contribution in [0.5, 0.6) is 0 Å². The molecule has 0 N–H and O–H groups in total. The Morgan fingerprint density at radius 1 is 0.409 bits per heavy atom. The molecule has 0 atom stereocenters. The number of ketones is 4. The van der Waals surface area contributed by atoms with E-state index in [1.807, 2.05) is 73.6 Å². The van der Waals surface area contributed by atoms with Crippen molar-refractivity contribution in [1.29, 1.82) is 0 Å². The zero-order valence-electron chi connectivity index (χ0n) is 27.3. The Hall–Kier alpha value is -4.44. The van der Waals surface area contributed by atoms with E-state index in [0.29, 0.717) is 44.5 Å². The molecular formula is C40H40O4. The first kappa shape index (κ1) is 31.0. The molecule has 44 heavy (non-hydrogen) atoms. The van der Waals surface area contributed by atoms with Crippen LogP contribution in [0.4, 0.5) is 0 Å². The van der Waals surface area contributed by atoms with Crippen molar-refractivity contribution in [3.8, 4) is 0 Å². The van der Waals surface area contributed by atoms with Crippen molar-refractivity contribution >= 4 is 23.1 Å². The van der Waals surface area contributed by atoms with Crippen molar-refractivity contribution in [2.75, 3.05) is 0 Å². The smallest absolute Gasteiger partial charge is 0.195 e. The van der Waals surface area contributed by atoms with Gasteiger partial charge in [0.2, 0.25) is 0 Å². The van der Waals surface area contributed by atoms with Gasteiger partial charge in [-0.05, 0) is 118 Å². The van der Waals surface area contributed by atoms with E-state index in [9.17, 15) is 19.2 Å². The maximum absolute atomic E-state index is 13.4. The van der Waals surface area contributed by atoms with E-state index in [1.54, 1.807) is 24.3 Å². The molecule has 224 valence electrons. The van der Waals surface area contributed by atoms with Gasteiger partial charge in [0.1, 0.15) is 0 Å². The minimum Gasteiger partial charge on any atom is -0.289 e. The molecule has 0 fully saturated rings. The third-order valence-electron chi connectivity index (χ3n) is 10.1. The molecule has 0 radical (unpaired) electrons. The summed E-state index contributed by atoms with van der Waals surface area (Å²) in [5.74, 6) is -0.0329. The fraction of sp³-hybridized carbons (Fsp3) is 0.300. The molecule has 0 aromatic heterocycles. The van der Waals surface area contributed by atoms with E-state index in [1.165, 1.54) is 0 Å². The van der Waals surface area contributed by atoms with Crippen molar-refractivity contribution in [3.05, 3.63) is 137 Å². The first-order chi connectivity index (χ1) is 20.8. The van der Waals surface area contributed by atoms with Crippen LogP contribution in [0.2, 0.25) is 0 Å². The van der Waals surface area contributed by atoms with Crippen molar-refractivity contribution < 1.29 is 19.2 Å². The number of aryl methyl sites for hydroxylation is 1. The summed E-state index contributed by atoms with van der Waals surface area (Å²) in [6.07, 6.45) is 2.95. The van der Waals surface area contributed by atoms with Gasteiger partial charge in [-0.25, -0.2) is 0 Å². The molecule has 0 heterocycles. The first-order valence-corrected chi connectivity index (χ1v) is 15.4. The van der Waals surface area contributed by atoms with Gasteiger partial charge in [0, 0.05) is 44.5 Å². The van der Waals surface area contributed by atoms with Gasteiger partial charge in [-0.3, -0.25) is 19.2 Å². The molecule has 0 aliphatic heterocycles. The molecule has 4 nitrogen and oxygen atoms in total. The summed E-state index contributed by atoms with van der Waals surface area (Å²) < 4.78 is 0. The maximum atomic E-state index is 13.4. The van der Waals surface area contributed by atoms with Crippen LogP contribution in [0.3, 0.4) is 0 Å². The van der Waals surface area contributed by atoms with Crippen LogP contribution in [0.15, 0.2) is 42.5 Å². The maximum Gasteiger partial charge on any atom is 0.195 e. The number of hydrogen-bond donors (Lipinski definition) is 0. The Morgan fingerprint density at radius 2 is 0.795 bits per heavy atom. The lowest BCUT2D eigenvalue weighted by molar-refractivity contribution is 0.0976. The lowest BCUT2D eigenvalue weighted by Gasteiger charge is -2.28.